The van der Waals surface area contributed by atoms with Gasteiger partial charge in [0, 0.05) is 32.2 Å². The SMILES string of the molecule is Cc1cc(C2CCCN2CCN2CCNC2=O)on1. The lowest BCUT2D eigenvalue weighted by Gasteiger charge is -2.24. The quantitative estimate of drug-likeness (QED) is 0.886. The van der Waals surface area contributed by atoms with Crippen LogP contribution in [0.3, 0.4) is 0 Å². The number of nitrogens with zero attached hydrogens (tertiary/aromatic N) is 3. The van der Waals surface area contributed by atoms with Gasteiger partial charge in [-0.2, -0.15) is 0 Å². The van der Waals surface area contributed by atoms with Crippen molar-refractivity contribution < 1.29 is 9.32 Å². The van der Waals surface area contributed by atoms with Crippen LogP contribution in [0, 0.1) is 6.92 Å². The van der Waals surface area contributed by atoms with E-state index in [0.29, 0.717) is 6.04 Å². The highest BCUT2D eigenvalue weighted by Gasteiger charge is 2.30. The number of amides is 2. The lowest BCUT2D eigenvalue weighted by Crippen LogP contribution is -2.36. The Kier molecular flexibility index (Phi) is 3.42. The monoisotopic (exact) mass is 264 g/mol. The normalized spacial score (nSPS) is 24.2. The van der Waals surface area contributed by atoms with Gasteiger partial charge in [-0.1, -0.05) is 5.16 Å². The van der Waals surface area contributed by atoms with Crippen molar-refractivity contribution in [2.45, 2.75) is 25.8 Å². The molecule has 0 saturated carbocycles. The number of aryl methyl sites for hydroxylation is 1. The lowest BCUT2D eigenvalue weighted by atomic mass is 10.1. The van der Waals surface area contributed by atoms with Crippen molar-refractivity contribution in [3.05, 3.63) is 17.5 Å². The number of hydrogen-bond acceptors (Lipinski definition) is 4. The summed E-state index contributed by atoms with van der Waals surface area (Å²) in [5.74, 6) is 0.959. The van der Waals surface area contributed by atoms with Crippen molar-refractivity contribution in [2.24, 2.45) is 0 Å². The summed E-state index contributed by atoms with van der Waals surface area (Å²) in [6.45, 7) is 6.29. The van der Waals surface area contributed by atoms with E-state index >= 15 is 0 Å². The molecule has 0 aliphatic carbocycles. The fraction of sp³-hybridized carbons (Fsp3) is 0.692. The third kappa shape index (κ3) is 2.58. The zero-order valence-electron chi connectivity index (χ0n) is 11.3. The summed E-state index contributed by atoms with van der Waals surface area (Å²) in [5.41, 5.74) is 0.931. The summed E-state index contributed by atoms with van der Waals surface area (Å²) >= 11 is 0. The van der Waals surface area contributed by atoms with Gasteiger partial charge >= 0.3 is 6.03 Å². The fourth-order valence-corrected chi connectivity index (χ4v) is 2.93. The van der Waals surface area contributed by atoms with Gasteiger partial charge in [0.15, 0.2) is 5.76 Å². The molecular formula is C13H20N4O2. The number of hydrogen-bond donors (Lipinski definition) is 1. The van der Waals surface area contributed by atoms with Gasteiger partial charge in [0.05, 0.1) is 11.7 Å². The predicted molar refractivity (Wildman–Crippen MR) is 69.8 cm³/mol. The Morgan fingerprint density at radius 2 is 2.37 bits per heavy atom. The number of urea groups is 1. The smallest absolute Gasteiger partial charge is 0.317 e. The highest BCUT2D eigenvalue weighted by molar-refractivity contribution is 5.76. The van der Waals surface area contributed by atoms with E-state index in [-0.39, 0.29) is 6.03 Å². The molecule has 2 aliphatic rings. The van der Waals surface area contributed by atoms with Gasteiger partial charge in [0.2, 0.25) is 0 Å². The fourth-order valence-electron chi connectivity index (χ4n) is 2.93. The first-order chi connectivity index (χ1) is 9.24. The van der Waals surface area contributed by atoms with Crippen LogP contribution in [0.2, 0.25) is 0 Å². The van der Waals surface area contributed by atoms with Crippen molar-refractivity contribution in [1.29, 1.82) is 0 Å². The molecule has 2 amide bonds. The van der Waals surface area contributed by atoms with Crippen LogP contribution in [-0.4, -0.2) is 53.7 Å². The Morgan fingerprint density at radius 1 is 1.47 bits per heavy atom. The molecule has 6 nitrogen and oxygen atoms in total. The summed E-state index contributed by atoms with van der Waals surface area (Å²) in [6, 6.07) is 2.41. The van der Waals surface area contributed by atoms with E-state index in [1.807, 2.05) is 17.9 Å². The second-order valence-corrected chi connectivity index (χ2v) is 5.28. The van der Waals surface area contributed by atoms with E-state index < -0.39 is 0 Å². The van der Waals surface area contributed by atoms with E-state index in [1.165, 1.54) is 6.42 Å². The molecule has 3 heterocycles. The van der Waals surface area contributed by atoms with Crippen LogP contribution < -0.4 is 5.32 Å². The predicted octanol–water partition coefficient (Wildman–Crippen LogP) is 1.15. The van der Waals surface area contributed by atoms with Crippen LogP contribution in [-0.2, 0) is 0 Å². The average molecular weight is 264 g/mol. The van der Waals surface area contributed by atoms with Crippen LogP contribution in [0.1, 0.15) is 30.3 Å². The molecule has 2 saturated heterocycles. The highest BCUT2D eigenvalue weighted by atomic mass is 16.5. The van der Waals surface area contributed by atoms with Gasteiger partial charge in [0.25, 0.3) is 0 Å². The maximum absolute atomic E-state index is 11.5. The molecule has 2 aliphatic heterocycles. The number of nitrogens with one attached hydrogen (secondary N) is 1. The van der Waals surface area contributed by atoms with E-state index in [9.17, 15) is 4.79 Å². The van der Waals surface area contributed by atoms with E-state index in [2.05, 4.69) is 15.4 Å². The first-order valence-corrected chi connectivity index (χ1v) is 6.94. The van der Waals surface area contributed by atoms with Crippen LogP contribution in [0.5, 0.6) is 0 Å². The zero-order valence-corrected chi connectivity index (χ0v) is 11.3. The van der Waals surface area contributed by atoms with Crippen LogP contribution >= 0.6 is 0 Å². The summed E-state index contributed by atoms with van der Waals surface area (Å²) < 4.78 is 5.39. The van der Waals surface area contributed by atoms with Gasteiger partial charge < -0.3 is 14.7 Å². The maximum Gasteiger partial charge on any atom is 0.317 e. The second-order valence-electron chi connectivity index (χ2n) is 5.28. The van der Waals surface area contributed by atoms with Gasteiger partial charge in [-0.15, -0.1) is 0 Å². The molecule has 1 aromatic rings. The largest absolute Gasteiger partial charge is 0.359 e. The average Bonchev–Trinajstić information content (AvgIpc) is 3.07. The first kappa shape index (κ1) is 12.5. The number of likely N-dealkylation sites (tertiary alicyclic amines) is 1. The molecule has 6 heteroatoms. The molecule has 1 N–H and O–H groups in total. The molecule has 0 bridgehead atoms. The maximum atomic E-state index is 11.5. The standard InChI is InChI=1S/C13H20N4O2/c1-10-9-12(19-15-10)11-3-2-5-16(11)7-8-17-6-4-14-13(17)18/h9,11H,2-8H2,1H3,(H,14,18). The Labute approximate surface area is 112 Å². The van der Waals surface area contributed by atoms with E-state index in [1.54, 1.807) is 0 Å². The number of carbonyl (C=O) groups excluding carboxylic acids is 1. The third-order valence-corrected chi connectivity index (χ3v) is 3.94. The topological polar surface area (TPSA) is 61.6 Å². The number of carbonyl (C=O) groups is 1. The van der Waals surface area contributed by atoms with Gasteiger partial charge in [-0.25, -0.2) is 4.79 Å². The molecule has 2 fully saturated rings. The van der Waals surface area contributed by atoms with Crippen molar-refractivity contribution in [3.63, 3.8) is 0 Å². The van der Waals surface area contributed by atoms with Crippen LogP contribution in [0.15, 0.2) is 10.6 Å². The molecule has 1 unspecified atom stereocenters. The summed E-state index contributed by atoms with van der Waals surface area (Å²) in [4.78, 5) is 15.8. The molecular weight excluding hydrogens is 244 g/mol. The summed E-state index contributed by atoms with van der Waals surface area (Å²) in [7, 11) is 0. The van der Waals surface area contributed by atoms with Crippen molar-refractivity contribution in [2.75, 3.05) is 32.7 Å². The highest BCUT2D eigenvalue weighted by Crippen LogP contribution is 2.31. The molecule has 0 spiro atoms. The summed E-state index contributed by atoms with van der Waals surface area (Å²) in [5, 5.41) is 6.80. The van der Waals surface area contributed by atoms with Crippen molar-refractivity contribution in [3.8, 4) is 0 Å². The van der Waals surface area contributed by atoms with Gasteiger partial charge in [-0.05, 0) is 26.3 Å². The molecule has 0 aromatic carbocycles. The Morgan fingerprint density at radius 3 is 3.05 bits per heavy atom. The Bertz CT molecular complexity index is 459. The van der Waals surface area contributed by atoms with Crippen LogP contribution in [0.4, 0.5) is 4.79 Å². The number of aromatic nitrogens is 1. The minimum Gasteiger partial charge on any atom is -0.359 e. The molecule has 0 radical (unpaired) electrons. The molecule has 104 valence electrons. The minimum absolute atomic E-state index is 0.0613. The van der Waals surface area contributed by atoms with E-state index in [4.69, 9.17) is 4.52 Å². The molecule has 1 aromatic heterocycles. The molecule has 3 rings (SSSR count). The Balaban J connectivity index is 1.59. The molecule has 19 heavy (non-hydrogen) atoms. The number of rotatable bonds is 4. The van der Waals surface area contributed by atoms with E-state index in [0.717, 1.165) is 50.6 Å². The van der Waals surface area contributed by atoms with Gasteiger partial charge in [-0.3, -0.25) is 4.90 Å². The second kappa shape index (κ2) is 5.21. The molecule has 1 atom stereocenters. The zero-order chi connectivity index (χ0) is 13.2. The summed E-state index contributed by atoms with van der Waals surface area (Å²) in [6.07, 6.45) is 2.29. The van der Waals surface area contributed by atoms with Crippen molar-refractivity contribution >= 4 is 6.03 Å². The Hall–Kier alpha value is -1.56. The van der Waals surface area contributed by atoms with Crippen molar-refractivity contribution in [1.82, 2.24) is 20.3 Å². The van der Waals surface area contributed by atoms with Crippen LogP contribution in [0.25, 0.3) is 0 Å². The van der Waals surface area contributed by atoms with Gasteiger partial charge in [0.1, 0.15) is 0 Å². The third-order valence-electron chi connectivity index (χ3n) is 3.94. The minimum atomic E-state index is 0.0613. The lowest BCUT2D eigenvalue weighted by molar-refractivity contribution is 0.182. The first-order valence-electron chi connectivity index (χ1n) is 6.94.